The van der Waals surface area contributed by atoms with Crippen LogP contribution in [0.15, 0.2) is 24.4 Å². The molecule has 0 aliphatic carbocycles. The molecule has 1 aliphatic rings. The number of hydrogen-bond donors (Lipinski definition) is 1. The Labute approximate surface area is 119 Å². The van der Waals surface area contributed by atoms with Crippen LogP contribution in [0, 0.1) is 0 Å². The van der Waals surface area contributed by atoms with Crippen molar-refractivity contribution in [2.24, 2.45) is 0 Å². The van der Waals surface area contributed by atoms with Gasteiger partial charge in [-0.1, -0.05) is 6.07 Å². The summed E-state index contributed by atoms with van der Waals surface area (Å²) in [6.45, 7) is 1.85. The molecule has 7 heteroatoms. The summed E-state index contributed by atoms with van der Waals surface area (Å²) < 4.78 is 22.9. The van der Waals surface area contributed by atoms with Gasteiger partial charge in [0.05, 0.1) is 23.2 Å². The molecule has 1 N–H and O–H groups in total. The van der Waals surface area contributed by atoms with Crippen molar-refractivity contribution in [1.82, 2.24) is 15.2 Å². The minimum Gasteiger partial charge on any atom is -0.330 e. The third-order valence-corrected chi connectivity index (χ3v) is 5.30. The van der Waals surface area contributed by atoms with E-state index in [0.29, 0.717) is 6.42 Å². The van der Waals surface area contributed by atoms with Crippen molar-refractivity contribution in [2.45, 2.75) is 25.4 Å². The Hall–Kier alpha value is -1.63. The largest absolute Gasteiger partial charge is 0.330 e. The standard InChI is InChI=1S/C13H19N3O3S/c1-10(12-5-3-4-7-14-12)15-13(17)16(2)11-6-8-20(18,19)9-11/h3-5,7,10-11H,6,8-9H2,1-2H3,(H,15,17). The first kappa shape index (κ1) is 14.8. The summed E-state index contributed by atoms with van der Waals surface area (Å²) in [5, 5.41) is 2.83. The zero-order valence-electron chi connectivity index (χ0n) is 11.6. The van der Waals surface area contributed by atoms with Crippen molar-refractivity contribution in [3.63, 3.8) is 0 Å². The number of aromatic nitrogens is 1. The zero-order valence-corrected chi connectivity index (χ0v) is 12.4. The predicted molar refractivity (Wildman–Crippen MR) is 76.0 cm³/mol. The highest BCUT2D eigenvalue weighted by molar-refractivity contribution is 7.91. The van der Waals surface area contributed by atoms with Crippen LogP contribution < -0.4 is 5.32 Å². The van der Waals surface area contributed by atoms with Crippen LogP contribution >= 0.6 is 0 Å². The van der Waals surface area contributed by atoms with Crippen LogP contribution in [0.25, 0.3) is 0 Å². The van der Waals surface area contributed by atoms with E-state index in [1.165, 1.54) is 4.90 Å². The molecule has 0 radical (unpaired) electrons. The fourth-order valence-corrected chi connectivity index (χ4v) is 4.01. The topological polar surface area (TPSA) is 79.4 Å². The number of rotatable bonds is 3. The second-order valence-corrected chi connectivity index (χ2v) is 7.32. The molecule has 1 aliphatic heterocycles. The molecule has 6 nitrogen and oxygen atoms in total. The molecule has 2 unspecified atom stereocenters. The van der Waals surface area contributed by atoms with Crippen molar-refractivity contribution in [2.75, 3.05) is 18.6 Å². The van der Waals surface area contributed by atoms with Gasteiger partial charge >= 0.3 is 6.03 Å². The maximum Gasteiger partial charge on any atom is 0.317 e. The third-order valence-electron chi connectivity index (χ3n) is 3.55. The predicted octanol–water partition coefficient (Wildman–Crippen LogP) is 0.971. The van der Waals surface area contributed by atoms with Crippen LogP contribution in [0.1, 0.15) is 25.1 Å². The van der Waals surface area contributed by atoms with E-state index in [0.717, 1.165) is 5.69 Å². The van der Waals surface area contributed by atoms with Gasteiger partial charge in [0.2, 0.25) is 0 Å². The molecule has 2 heterocycles. The molecule has 1 aromatic heterocycles. The average molecular weight is 297 g/mol. The number of pyridine rings is 1. The minimum atomic E-state index is -2.99. The lowest BCUT2D eigenvalue weighted by Gasteiger charge is -2.25. The van der Waals surface area contributed by atoms with Crippen molar-refractivity contribution in [1.29, 1.82) is 0 Å². The molecule has 1 aromatic rings. The van der Waals surface area contributed by atoms with E-state index < -0.39 is 9.84 Å². The van der Waals surface area contributed by atoms with Gasteiger partial charge in [-0.05, 0) is 25.5 Å². The molecule has 2 atom stereocenters. The van der Waals surface area contributed by atoms with E-state index in [1.54, 1.807) is 13.2 Å². The van der Waals surface area contributed by atoms with E-state index in [2.05, 4.69) is 10.3 Å². The fraction of sp³-hybridized carbons (Fsp3) is 0.538. The highest BCUT2D eigenvalue weighted by Gasteiger charge is 2.33. The highest BCUT2D eigenvalue weighted by Crippen LogP contribution is 2.17. The van der Waals surface area contributed by atoms with E-state index >= 15 is 0 Å². The van der Waals surface area contributed by atoms with Crippen LogP contribution in [0.4, 0.5) is 4.79 Å². The summed E-state index contributed by atoms with van der Waals surface area (Å²) in [6.07, 6.45) is 2.18. The average Bonchev–Trinajstić information content (AvgIpc) is 2.79. The molecule has 2 amide bonds. The summed E-state index contributed by atoms with van der Waals surface area (Å²) in [4.78, 5) is 17.8. The van der Waals surface area contributed by atoms with E-state index in [-0.39, 0.29) is 29.6 Å². The first-order chi connectivity index (χ1) is 9.39. The molecule has 110 valence electrons. The van der Waals surface area contributed by atoms with Gasteiger partial charge in [0, 0.05) is 19.3 Å². The van der Waals surface area contributed by atoms with E-state index in [4.69, 9.17) is 0 Å². The van der Waals surface area contributed by atoms with Gasteiger partial charge in [0.25, 0.3) is 0 Å². The second kappa shape index (κ2) is 5.78. The SMILES string of the molecule is CC(NC(=O)N(C)C1CCS(=O)(=O)C1)c1ccccn1. The van der Waals surface area contributed by atoms with Gasteiger partial charge in [-0.3, -0.25) is 4.98 Å². The lowest BCUT2D eigenvalue weighted by Crippen LogP contribution is -2.45. The first-order valence-corrected chi connectivity index (χ1v) is 8.36. The zero-order chi connectivity index (χ0) is 14.8. The molecule has 0 bridgehead atoms. The van der Waals surface area contributed by atoms with Crippen LogP contribution in [0.5, 0.6) is 0 Å². The number of urea groups is 1. The summed E-state index contributed by atoms with van der Waals surface area (Å²) in [6, 6.07) is 4.78. The lowest BCUT2D eigenvalue weighted by molar-refractivity contribution is 0.191. The van der Waals surface area contributed by atoms with E-state index in [1.807, 2.05) is 25.1 Å². The molecular weight excluding hydrogens is 278 g/mol. The molecule has 1 fully saturated rings. The van der Waals surface area contributed by atoms with Gasteiger partial charge in [-0.15, -0.1) is 0 Å². The molecule has 1 saturated heterocycles. The van der Waals surface area contributed by atoms with Crippen LogP contribution in [-0.4, -0.2) is 48.9 Å². The van der Waals surface area contributed by atoms with Crippen LogP contribution in [0.3, 0.4) is 0 Å². The van der Waals surface area contributed by atoms with E-state index in [9.17, 15) is 13.2 Å². The van der Waals surface area contributed by atoms with Crippen LogP contribution in [-0.2, 0) is 9.84 Å². The molecule has 0 aromatic carbocycles. The second-order valence-electron chi connectivity index (χ2n) is 5.09. The van der Waals surface area contributed by atoms with Gasteiger partial charge in [-0.2, -0.15) is 0 Å². The van der Waals surface area contributed by atoms with Gasteiger partial charge < -0.3 is 10.2 Å². The number of carbonyl (C=O) groups is 1. The molecule has 0 saturated carbocycles. The highest BCUT2D eigenvalue weighted by atomic mass is 32.2. The number of sulfone groups is 1. The van der Waals surface area contributed by atoms with Crippen LogP contribution in [0.2, 0.25) is 0 Å². The van der Waals surface area contributed by atoms with Gasteiger partial charge in [-0.25, -0.2) is 13.2 Å². The normalized spacial score (nSPS) is 22.2. The Kier molecular flexibility index (Phi) is 4.27. The number of nitrogens with zero attached hydrogens (tertiary/aromatic N) is 2. The first-order valence-electron chi connectivity index (χ1n) is 6.54. The monoisotopic (exact) mass is 297 g/mol. The Bertz CT molecular complexity index is 574. The smallest absolute Gasteiger partial charge is 0.317 e. The fourth-order valence-electron chi connectivity index (χ4n) is 2.24. The maximum absolute atomic E-state index is 12.1. The molecule has 20 heavy (non-hydrogen) atoms. The molecule has 0 spiro atoms. The third kappa shape index (κ3) is 3.47. The molecular formula is C13H19N3O3S. The summed E-state index contributed by atoms with van der Waals surface area (Å²) in [7, 11) is -1.36. The van der Waals surface area contributed by atoms with Crippen molar-refractivity contribution in [3.05, 3.63) is 30.1 Å². The lowest BCUT2D eigenvalue weighted by atomic mass is 10.2. The van der Waals surface area contributed by atoms with Crippen molar-refractivity contribution < 1.29 is 13.2 Å². The van der Waals surface area contributed by atoms with Crippen molar-refractivity contribution >= 4 is 15.9 Å². The van der Waals surface area contributed by atoms with Gasteiger partial charge in [0.1, 0.15) is 0 Å². The maximum atomic E-state index is 12.1. The van der Waals surface area contributed by atoms with Gasteiger partial charge in [0.15, 0.2) is 9.84 Å². The Morgan fingerprint density at radius 2 is 2.25 bits per heavy atom. The Morgan fingerprint density at radius 3 is 2.80 bits per heavy atom. The number of amides is 2. The Morgan fingerprint density at radius 1 is 1.50 bits per heavy atom. The van der Waals surface area contributed by atoms with Crippen molar-refractivity contribution in [3.8, 4) is 0 Å². The quantitative estimate of drug-likeness (QED) is 0.901. The molecule has 2 rings (SSSR count). The number of carbonyl (C=O) groups excluding carboxylic acids is 1. The number of nitrogens with one attached hydrogen (secondary N) is 1. The number of hydrogen-bond acceptors (Lipinski definition) is 4. The summed E-state index contributed by atoms with van der Waals surface area (Å²) >= 11 is 0. The summed E-state index contributed by atoms with van der Waals surface area (Å²) in [5.74, 6) is 0.208. The Balaban J connectivity index is 1.95. The minimum absolute atomic E-state index is 0.0505. The summed E-state index contributed by atoms with van der Waals surface area (Å²) in [5.41, 5.74) is 0.772.